The Morgan fingerprint density at radius 3 is 2.29 bits per heavy atom. The van der Waals surface area contributed by atoms with Crippen molar-refractivity contribution in [3.05, 3.63) is 58.5 Å². The van der Waals surface area contributed by atoms with Crippen LogP contribution in [0.2, 0.25) is 0 Å². The summed E-state index contributed by atoms with van der Waals surface area (Å²) in [5.41, 5.74) is 3.78. The van der Waals surface area contributed by atoms with Crippen LogP contribution in [0, 0.1) is 6.92 Å². The van der Waals surface area contributed by atoms with Gasteiger partial charge >= 0.3 is 0 Å². The Kier molecular flexibility index (Phi) is 7.62. The van der Waals surface area contributed by atoms with Crippen molar-refractivity contribution in [2.45, 2.75) is 13.5 Å². The molecule has 0 saturated carbocycles. The summed E-state index contributed by atoms with van der Waals surface area (Å²) in [5.74, 6) is 0.946. The Hall–Kier alpha value is -2.94. The number of carbonyl (C=O) groups excluding carboxylic acids is 1. The Balaban J connectivity index is 1.95. The van der Waals surface area contributed by atoms with E-state index in [9.17, 15) is 9.90 Å². The topological polar surface area (TPSA) is 81.1 Å². The largest absolute Gasteiger partial charge is 0.496 e. The zero-order valence-electron chi connectivity index (χ0n) is 18.0. The first kappa shape index (κ1) is 22.7. The van der Waals surface area contributed by atoms with Crippen LogP contribution in [0.1, 0.15) is 21.5 Å². The summed E-state index contributed by atoms with van der Waals surface area (Å²) < 4.78 is 16.1. The number of aromatic nitrogens is 1. The Labute approximate surface area is 185 Å². The van der Waals surface area contributed by atoms with E-state index in [0.29, 0.717) is 35.3 Å². The third-order valence-corrected chi connectivity index (χ3v) is 5.78. The molecule has 0 aliphatic heterocycles. The zero-order chi connectivity index (χ0) is 22.4. The number of methoxy groups -OCH3 is 3. The van der Waals surface area contributed by atoms with Gasteiger partial charge in [-0.2, -0.15) is 0 Å². The normalized spacial score (nSPS) is 10.7. The van der Waals surface area contributed by atoms with Gasteiger partial charge in [0.05, 0.1) is 39.7 Å². The van der Waals surface area contributed by atoms with Gasteiger partial charge in [-0.3, -0.25) is 9.69 Å². The third kappa shape index (κ3) is 5.04. The van der Waals surface area contributed by atoms with Crippen LogP contribution in [0.4, 0.5) is 5.13 Å². The highest BCUT2D eigenvalue weighted by molar-refractivity contribution is 7.14. The van der Waals surface area contributed by atoms with Gasteiger partial charge in [0.2, 0.25) is 0 Å². The average molecular weight is 443 g/mol. The van der Waals surface area contributed by atoms with Gasteiger partial charge < -0.3 is 19.3 Å². The van der Waals surface area contributed by atoms with Gasteiger partial charge in [0.25, 0.3) is 5.91 Å². The summed E-state index contributed by atoms with van der Waals surface area (Å²) in [6, 6.07) is 10.9. The van der Waals surface area contributed by atoms with Crippen LogP contribution in [0.3, 0.4) is 0 Å². The number of hydrogen-bond donors (Lipinski definition) is 1. The third-order valence-electron chi connectivity index (χ3n) is 4.92. The molecule has 0 saturated heterocycles. The van der Waals surface area contributed by atoms with Crippen LogP contribution in [0.15, 0.2) is 41.8 Å². The number of rotatable bonds is 9. The minimum Gasteiger partial charge on any atom is -0.496 e. The molecule has 1 heterocycles. The maximum Gasteiger partial charge on any atom is 0.260 e. The van der Waals surface area contributed by atoms with E-state index in [1.807, 2.05) is 36.6 Å². The predicted octanol–water partition coefficient (Wildman–Crippen LogP) is 3.92. The molecular formula is C23H26N2O5S. The van der Waals surface area contributed by atoms with Gasteiger partial charge in [0, 0.05) is 29.2 Å². The number of thiazole rings is 1. The Morgan fingerprint density at radius 1 is 1.10 bits per heavy atom. The van der Waals surface area contributed by atoms with Gasteiger partial charge in [-0.25, -0.2) is 4.98 Å². The van der Waals surface area contributed by atoms with Crippen LogP contribution < -0.4 is 14.4 Å². The highest BCUT2D eigenvalue weighted by Crippen LogP contribution is 2.32. The molecule has 1 aromatic heterocycles. The van der Waals surface area contributed by atoms with E-state index in [1.165, 1.54) is 11.3 Å². The van der Waals surface area contributed by atoms with Crippen molar-refractivity contribution < 1.29 is 24.1 Å². The average Bonchev–Trinajstić information content (AvgIpc) is 3.29. The van der Waals surface area contributed by atoms with Crippen LogP contribution >= 0.6 is 11.3 Å². The molecule has 1 amide bonds. The van der Waals surface area contributed by atoms with Crippen molar-refractivity contribution in [1.82, 2.24) is 4.98 Å². The summed E-state index contributed by atoms with van der Waals surface area (Å²) in [6.45, 7) is 2.59. The minimum atomic E-state index is -0.217. The maximum atomic E-state index is 13.4. The molecule has 0 spiro atoms. The van der Waals surface area contributed by atoms with Crippen molar-refractivity contribution in [3.63, 3.8) is 0 Å². The smallest absolute Gasteiger partial charge is 0.260 e. The van der Waals surface area contributed by atoms with E-state index < -0.39 is 0 Å². The fourth-order valence-electron chi connectivity index (χ4n) is 3.13. The van der Waals surface area contributed by atoms with Crippen molar-refractivity contribution in [3.8, 4) is 22.8 Å². The van der Waals surface area contributed by atoms with E-state index in [-0.39, 0.29) is 12.5 Å². The molecule has 0 fully saturated rings. The summed E-state index contributed by atoms with van der Waals surface area (Å²) >= 11 is 1.39. The lowest BCUT2D eigenvalue weighted by Crippen LogP contribution is -2.34. The van der Waals surface area contributed by atoms with Crippen molar-refractivity contribution >= 4 is 22.4 Å². The molecule has 31 heavy (non-hydrogen) atoms. The molecule has 0 aliphatic carbocycles. The minimum absolute atomic E-state index is 0.00856. The summed E-state index contributed by atoms with van der Waals surface area (Å²) in [7, 11) is 4.72. The number of ether oxygens (including phenoxy) is 3. The monoisotopic (exact) mass is 442 g/mol. The van der Waals surface area contributed by atoms with E-state index in [1.54, 1.807) is 38.4 Å². The lowest BCUT2D eigenvalue weighted by Gasteiger charge is -2.21. The fraction of sp³-hybridized carbons (Fsp3) is 0.304. The van der Waals surface area contributed by atoms with Gasteiger partial charge in [-0.05, 0) is 24.6 Å². The second-order valence-corrected chi connectivity index (χ2v) is 7.66. The number of aliphatic hydroxyl groups excluding tert-OH is 1. The van der Waals surface area contributed by atoms with Crippen molar-refractivity contribution in [1.29, 1.82) is 0 Å². The first-order valence-corrected chi connectivity index (χ1v) is 10.6. The SMILES string of the molecule is COCCN(C(=O)c1cc(OC)c(C)c(OC)c1)c1nc(-c2ccc(CO)cc2)cs1. The van der Waals surface area contributed by atoms with Gasteiger partial charge in [0.15, 0.2) is 5.13 Å². The quantitative estimate of drug-likeness (QED) is 0.541. The van der Waals surface area contributed by atoms with Crippen LogP contribution in [-0.4, -0.2) is 50.5 Å². The van der Waals surface area contributed by atoms with Crippen molar-refractivity contribution in [2.75, 3.05) is 39.4 Å². The number of amides is 1. The number of hydrogen-bond acceptors (Lipinski definition) is 7. The summed E-state index contributed by atoms with van der Waals surface area (Å²) in [5, 5.41) is 11.7. The van der Waals surface area contributed by atoms with Crippen LogP contribution in [-0.2, 0) is 11.3 Å². The summed E-state index contributed by atoms with van der Waals surface area (Å²) in [4.78, 5) is 19.7. The van der Waals surface area contributed by atoms with E-state index >= 15 is 0 Å². The van der Waals surface area contributed by atoms with Crippen LogP contribution in [0.25, 0.3) is 11.3 Å². The number of nitrogens with zero attached hydrogens (tertiary/aromatic N) is 2. The molecule has 0 radical (unpaired) electrons. The standard InChI is InChI=1S/C23H26N2O5S/c1-15-20(29-3)11-18(12-21(15)30-4)22(27)25(9-10-28-2)23-24-19(14-31-23)17-7-5-16(13-26)6-8-17/h5-8,11-12,14,26H,9-10,13H2,1-4H3. The lowest BCUT2D eigenvalue weighted by molar-refractivity contribution is 0.0975. The van der Waals surface area contributed by atoms with E-state index in [4.69, 9.17) is 14.2 Å². The molecule has 3 rings (SSSR count). The van der Waals surface area contributed by atoms with Gasteiger partial charge in [-0.15, -0.1) is 11.3 Å². The maximum absolute atomic E-state index is 13.4. The molecule has 7 nitrogen and oxygen atoms in total. The molecule has 0 unspecified atom stereocenters. The second-order valence-electron chi connectivity index (χ2n) is 6.83. The zero-order valence-corrected chi connectivity index (χ0v) is 18.9. The molecule has 164 valence electrons. The Bertz CT molecular complexity index is 1010. The number of carbonyl (C=O) groups is 1. The lowest BCUT2D eigenvalue weighted by atomic mass is 10.1. The first-order chi connectivity index (χ1) is 15.0. The van der Waals surface area contributed by atoms with E-state index in [2.05, 4.69) is 4.98 Å². The fourth-order valence-corrected chi connectivity index (χ4v) is 3.99. The highest BCUT2D eigenvalue weighted by atomic mass is 32.1. The number of aliphatic hydroxyl groups is 1. The van der Waals surface area contributed by atoms with Gasteiger partial charge in [0.1, 0.15) is 11.5 Å². The first-order valence-electron chi connectivity index (χ1n) is 9.71. The molecular weight excluding hydrogens is 416 g/mol. The molecule has 8 heteroatoms. The Morgan fingerprint density at radius 2 is 1.74 bits per heavy atom. The molecule has 1 N–H and O–H groups in total. The molecule has 2 aromatic carbocycles. The number of benzene rings is 2. The molecule has 0 atom stereocenters. The summed E-state index contributed by atoms with van der Waals surface area (Å²) in [6.07, 6.45) is 0. The molecule has 0 aliphatic rings. The number of anilines is 1. The predicted molar refractivity (Wildman–Crippen MR) is 121 cm³/mol. The molecule has 3 aromatic rings. The van der Waals surface area contributed by atoms with E-state index in [0.717, 1.165) is 22.4 Å². The highest BCUT2D eigenvalue weighted by Gasteiger charge is 2.23. The van der Waals surface area contributed by atoms with Crippen LogP contribution in [0.5, 0.6) is 11.5 Å². The van der Waals surface area contributed by atoms with Gasteiger partial charge in [-0.1, -0.05) is 24.3 Å². The van der Waals surface area contributed by atoms with Crippen molar-refractivity contribution in [2.24, 2.45) is 0 Å². The molecule has 0 bridgehead atoms. The second kappa shape index (κ2) is 10.4.